The number of hydrogen-bond acceptors (Lipinski definition) is 3. The summed E-state index contributed by atoms with van der Waals surface area (Å²) in [5, 5.41) is 8.26. The Morgan fingerprint density at radius 3 is 2.32 bits per heavy atom. The second kappa shape index (κ2) is 6.31. The smallest absolute Gasteiger partial charge is 0.304 e. The van der Waals surface area contributed by atoms with Crippen LogP contribution in [0, 0.1) is 12.7 Å². The topological polar surface area (TPSA) is 73.5 Å². The molecule has 0 bridgehead atoms. The molecule has 1 aromatic rings. The summed E-state index contributed by atoms with van der Waals surface area (Å²) in [5.74, 6) is -0.331. The molecule has 0 aliphatic carbocycles. The number of hydrogen-bond donors (Lipinski definition) is 3. The van der Waals surface area contributed by atoms with Crippen molar-refractivity contribution in [3.63, 3.8) is 0 Å². The summed E-state index contributed by atoms with van der Waals surface area (Å²) >= 11 is 0. The Hall–Kier alpha value is -2.15. The Labute approximate surface area is 129 Å². The third-order valence-corrected chi connectivity index (χ3v) is 3.52. The van der Waals surface area contributed by atoms with Crippen molar-refractivity contribution in [2.75, 3.05) is 0 Å². The van der Waals surface area contributed by atoms with Gasteiger partial charge in [0.25, 0.3) is 0 Å². The molecule has 1 saturated heterocycles. The molecule has 3 N–H and O–H groups in total. The quantitative estimate of drug-likeness (QED) is 0.798. The third-order valence-electron chi connectivity index (χ3n) is 3.52. The van der Waals surface area contributed by atoms with Crippen LogP contribution in [-0.4, -0.2) is 29.3 Å². The minimum atomic E-state index is -0.745. The summed E-state index contributed by atoms with van der Waals surface area (Å²) in [6.45, 7) is 7.14. The molecule has 22 heavy (non-hydrogen) atoms. The Balaban J connectivity index is 2.07. The van der Waals surface area contributed by atoms with E-state index < -0.39 is 18.4 Å². The molecule has 2 rings (SSSR count). The van der Waals surface area contributed by atoms with Crippen molar-refractivity contribution in [3.05, 3.63) is 35.1 Å². The molecule has 0 saturated carbocycles. The van der Waals surface area contributed by atoms with Gasteiger partial charge in [-0.25, -0.2) is 18.9 Å². The number of nitrogens with zero attached hydrogens (tertiary/aromatic N) is 1. The Kier molecular flexibility index (Phi) is 4.65. The van der Waals surface area contributed by atoms with Crippen molar-refractivity contribution in [1.29, 1.82) is 0 Å². The van der Waals surface area contributed by atoms with Gasteiger partial charge in [-0.05, 0) is 33.8 Å². The zero-order valence-electron chi connectivity index (χ0n) is 13.1. The predicted octanol–water partition coefficient (Wildman–Crippen LogP) is 2.21. The minimum absolute atomic E-state index is 0.243. The maximum atomic E-state index is 13.9. The lowest BCUT2D eigenvalue weighted by atomic mass is 10.1. The number of rotatable bonds is 4. The number of benzene rings is 1. The fraction of sp³-hybridized carbons (Fsp3) is 0.467. The Morgan fingerprint density at radius 1 is 1.18 bits per heavy atom. The monoisotopic (exact) mass is 308 g/mol. The standard InChI is InChI=1S/C15H21FN4O2/c1-8(2)20-14(21)18-13(19-15(20)22)17-10(4)11-7-9(3)5-6-12(11)16/h5-8,10,13,17H,1-4H3,(H,18,21)(H,19,22)/t10-/m0/s1. The maximum Gasteiger partial charge on any atom is 0.328 e. The van der Waals surface area contributed by atoms with Crippen LogP contribution in [0.2, 0.25) is 0 Å². The van der Waals surface area contributed by atoms with Crippen LogP contribution in [0.4, 0.5) is 14.0 Å². The second-order valence-electron chi connectivity index (χ2n) is 5.71. The van der Waals surface area contributed by atoms with Gasteiger partial charge >= 0.3 is 12.1 Å². The van der Waals surface area contributed by atoms with Crippen LogP contribution < -0.4 is 16.0 Å². The number of carbonyl (C=O) groups is 2. The molecule has 0 unspecified atom stereocenters. The molecular weight excluding hydrogens is 287 g/mol. The van der Waals surface area contributed by atoms with E-state index in [2.05, 4.69) is 16.0 Å². The van der Waals surface area contributed by atoms with Gasteiger partial charge in [-0.3, -0.25) is 5.32 Å². The molecular formula is C15H21FN4O2. The summed E-state index contributed by atoms with van der Waals surface area (Å²) in [6.07, 6.45) is -0.745. The van der Waals surface area contributed by atoms with Gasteiger partial charge in [0.2, 0.25) is 0 Å². The van der Waals surface area contributed by atoms with Crippen LogP contribution in [0.3, 0.4) is 0 Å². The first-order valence-corrected chi connectivity index (χ1v) is 7.22. The first-order chi connectivity index (χ1) is 10.3. The number of urea groups is 2. The van der Waals surface area contributed by atoms with Crippen molar-refractivity contribution in [1.82, 2.24) is 20.9 Å². The van der Waals surface area contributed by atoms with Crippen LogP contribution >= 0.6 is 0 Å². The van der Waals surface area contributed by atoms with Gasteiger partial charge in [-0.15, -0.1) is 0 Å². The van der Waals surface area contributed by atoms with Crippen LogP contribution in [0.1, 0.15) is 37.9 Å². The zero-order valence-corrected chi connectivity index (χ0v) is 13.1. The Bertz CT molecular complexity index is 573. The minimum Gasteiger partial charge on any atom is -0.304 e. The molecule has 0 spiro atoms. The summed E-state index contributed by atoms with van der Waals surface area (Å²) in [5.41, 5.74) is 1.42. The summed E-state index contributed by atoms with van der Waals surface area (Å²) in [7, 11) is 0. The van der Waals surface area contributed by atoms with E-state index in [0.717, 1.165) is 10.5 Å². The number of carbonyl (C=O) groups excluding carboxylic acids is 2. The van der Waals surface area contributed by atoms with E-state index in [0.29, 0.717) is 5.56 Å². The van der Waals surface area contributed by atoms with E-state index in [1.54, 1.807) is 32.9 Å². The molecule has 1 aliphatic heterocycles. The highest BCUT2D eigenvalue weighted by molar-refractivity contribution is 5.96. The van der Waals surface area contributed by atoms with Crippen LogP contribution in [-0.2, 0) is 0 Å². The fourth-order valence-electron chi connectivity index (χ4n) is 2.40. The third kappa shape index (κ3) is 3.36. The summed E-state index contributed by atoms with van der Waals surface area (Å²) in [6, 6.07) is 3.25. The van der Waals surface area contributed by atoms with E-state index in [-0.39, 0.29) is 17.9 Å². The lowest BCUT2D eigenvalue weighted by Crippen LogP contribution is -2.69. The molecule has 1 atom stereocenters. The first kappa shape index (κ1) is 16.2. The number of imide groups is 1. The van der Waals surface area contributed by atoms with Gasteiger partial charge in [0.05, 0.1) is 0 Å². The molecule has 0 radical (unpaired) electrons. The first-order valence-electron chi connectivity index (χ1n) is 7.22. The van der Waals surface area contributed by atoms with Gasteiger partial charge in [-0.1, -0.05) is 17.7 Å². The van der Waals surface area contributed by atoms with Gasteiger partial charge in [0.1, 0.15) is 5.82 Å². The van der Waals surface area contributed by atoms with E-state index in [1.807, 2.05) is 6.92 Å². The molecule has 1 heterocycles. The van der Waals surface area contributed by atoms with Crippen molar-refractivity contribution in [2.24, 2.45) is 0 Å². The van der Waals surface area contributed by atoms with Gasteiger partial charge in [0, 0.05) is 17.6 Å². The SMILES string of the molecule is Cc1ccc(F)c([C@H](C)NC2NC(=O)N(C(C)C)C(=O)N2)c1. The van der Waals surface area contributed by atoms with Crippen LogP contribution in [0.5, 0.6) is 0 Å². The highest BCUT2D eigenvalue weighted by Crippen LogP contribution is 2.18. The van der Waals surface area contributed by atoms with E-state index in [9.17, 15) is 14.0 Å². The summed E-state index contributed by atoms with van der Waals surface area (Å²) in [4.78, 5) is 25.0. The lowest BCUT2D eigenvalue weighted by Gasteiger charge is -2.36. The fourth-order valence-corrected chi connectivity index (χ4v) is 2.40. The lowest BCUT2D eigenvalue weighted by molar-refractivity contribution is 0.146. The van der Waals surface area contributed by atoms with Crippen molar-refractivity contribution >= 4 is 12.1 Å². The van der Waals surface area contributed by atoms with Crippen molar-refractivity contribution < 1.29 is 14.0 Å². The average Bonchev–Trinajstić information content (AvgIpc) is 2.40. The predicted molar refractivity (Wildman–Crippen MR) is 80.5 cm³/mol. The van der Waals surface area contributed by atoms with E-state index in [4.69, 9.17) is 0 Å². The molecule has 6 nitrogen and oxygen atoms in total. The van der Waals surface area contributed by atoms with E-state index in [1.165, 1.54) is 6.07 Å². The largest absolute Gasteiger partial charge is 0.328 e. The van der Waals surface area contributed by atoms with Gasteiger partial charge < -0.3 is 10.6 Å². The molecule has 1 aromatic carbocycles. The van der Waals surface area contributed by atoms with Crippen LogP contribution in [0.25, 0.3) is 0 Å². The zero-order chi connectivity index (χ0) is 16.4. The number of halogens is 1. The average molecular weight is 308 g/mol. The van der Waals surface area contributed by atoms with Crippen molar-refractivity contribution in [3.8, 4) is 0 Å². The number of amides is 4. The molecule has 120 valence electrons. The normalized spacial score (nSPS) is 17.5. The highest BCUT2D eigenvalue weighted by Gasteiger charge is 2.33. The second-order valence-corrected chi connectivity index (χ2v) is 5.71. The maximum absolute atomic E-state index is 13.9. The van der Waals surface area contributed by atoms with Gasteiger partial charge in [0.15, 0.2) is 6.29 Å². The molecule has 0 aromatic heterocycles. The Morgan fingerprint density at radius 2 is 1.77 bits per heavy atom. The summed E-state index contributed by atoms with van der Waals surface area (Å²) < 4.78 is 13.9. The van der Waals surface area contributed by atoms with Crippen LogP contribution in [0.15, 0.2) is 18.2 Å². The van der Waals surface area contributed by atoms with E-state index >= 15 is 0 Å². The molecule has 1 aliphatic rings. The van der Waals surface area contributed by atoms with Gasteiger partial charge in [-0.2, -0.15) is 0 Å². The highest BCUT2D eigenvalue weighted by atomic mass is 19.1. The number of nitrogens with one attached hydrogen (secondary N) is 3. The van der Waals surface area contributed by atoms with Crippen molar-refractivity contribution in [2.45, 2.75) is 46.1 Å². The molecule has 1 fully saturated rings. The molecule has 4 amide bonds. The molecule has 7 heteroatoms. The number of aryl methyl sites for hydroxylation is 1.